The van der Waals surface area contributed by atoms with Crippen molar-refractivity contribution in [3.8, 4) is 11.5 Å². The maximum absolute atomic E-state index is 11.8. The van der Waals surface area contributed by atoms with Crippen LogP contribution in [0.4, 0.5) is 5.69 Å². The first-order valence-electron chi connectivity index (χ1n) is 6.35. The van der Waals surface area contributed by atoms with E-state index in [1.54, 1.807) is 31.2 Å². The Kier molecular flexibility index (Phi) is 4.25. The van der Waals surface area contributed by atoms with Crippen molar-refractivity contribution >= 4 is 11.6 Å². The van der Waals surface area contributed by atoms with Gasteiger partial charge in [-0.25, -0.2) is 0 Å². The van der Waals surface area contributed by atoms with Gasteiger partial charge in [0, 0.05) is 11.3 Å². The minimum Gasteiger partial charge on any atom is -0.507 e. The number of anilines is 1. The molecule has 2 aromatic carbocycles. The van der Waals surface area contributed by atoms with Crippen LogP contribution in [0.1, 0.15) is 11.1 Å². The zero-order valence-corrected chi connectivity index (χ0v) is 11.5. The molecule has 0 heterocycles. The average molecular weight is 271 g/mol. The molecule has 0 aliphatic rings. The second-order valence-corrected chi connectivity index (χ2v) is 4.55. The lowest BCUT2D eigenvalue weighted by Gasteiger charge is -2.12. The van der Waals surface area contributed by atoms with Crippen LogP contribution < -0.4 is 10.1 Å². The molecular formula is C16H17NO3. The van der Waals surface area contributed by atoms with Crippen molar-refractivity contribution in [2.75, 3.05) is 11.9 Å². The molecule has 0 aliphatic carbocycles. The first kappa shape index (κ1) is 13.9. The van der Waals surface area contributed by atoms with Crippen molar-refractivity contribution < 1.29 is 14.6 Å². The van der Waals surface area contributed by atoms with Gasteiger partial charge in [0.05, 0.1) is 0 Å². The summed E-state index contributed by atoms with van der Waals surface area (Å²) >= 11 is 0. The first-order chi connectivity index (χ1) is 9.58. The molecule has 0 atom stereocenters. The number of carbonyl (C=O) groups excluding carboxylic acids is 1. The molecule has 104 valence electrons. The number of hydrogen-bond donors (Lipinski definition) is 2. The molecule has 0 unspecified atom stereocenters. The van der Waals surface area contributed by atoms with Crippen LogP contribution in [0.3, 0.4) is 0 Å². The number of carbonyl (C=O) groups is 1. The van der Waals surface area contributed by atoms with Gasteiger partial charge in [-0.05, 0) is 37.6 Å². The number of rotatable bonds is 4. The number of nitrogens with one attached hydrogen (secondary N) is 1. The minimum atomic E-state index is -0.264. The van der Waals surface area contributed by atoms with Crippen molar-refractivity contribution in [2.45, 2.75) is 13.8 Å². The standard InChI is InChI=1S/C16H17NO3/c1-11-8-9-14(12(2)16(11)19)17-15(18)10-20-13-6-4-3-5-7-13/h3-9,19H,10H2,1-2H3,(H,17,18). The fraction of sp³-hybridized carbons (Fsp3) is 0.188. The summed E-state index contributed by atoms with van der Waals surface area (Å²) in [6.07, 6.45) is 0. The molecule has 0 radical (unpaired) electrons. The number of ether oxygens (including phenoxy) is 1. The average Bonchev–Trinajstić information content (AvgIpc) is 2.47. The van der Waals surface area contributed by atoms with Crippen LogP contribution in [0, 0.1) is 13.8 Å². The van der Waals surface area contributed by atoms with Crippen molar-refractivity contribution in [3.63, 3.8) is 0 Å². The molecule has 0 spiro atoms. The number of phenolic OH excluding ortho intramolecular Hbond substituents is 1. The Bertz CT molecular complexity index is 609. The van der Waals surface area contributed by atoms with Crippen LogP contribution in [-0.2, 0) is 4.79 Å². The molecule has 0 aliphatic heterocycles. The Labute approximate surface area is 118 Å². The van der Waals surface area contributed by atoms with E-state index in [9.17, 15) is 9.90 Å². The second-order valence-electron chi connectivity index (χ2n) is 4.55. The fourth-order valence-corrected chi connectivity index (χ4v) is 1.82. The van der Waals surface area contributed by atoms with E-state index >= 15 is 0 Å². The highest BCUT2D eigenvalue weighted by molar-refractivity contribution is 5.93. The number of amides is 1. The zero-order valence-electron chi connectivity index (χ0n) is 11.5. The van der Waals surface area contributed by atoms with E-state index in [0.29, 0.717) is 17.0 Å². The molecule has 4 heteroatoms. The molecule has 4 nitrogen and oxygen atoms in total. The van der Waals surface area contributed by atoms with Crippen molar-refractivity contribution in [1.29, 1.82) is 0 Å². The van der Waals surface area contributed by atoms with Gasteiger partial charge in [-0.1, -0.05) is 24.3 Å². The molecule has 20 heavy (non-hydrogen) atoms. The van der Waals surface area contributed by atoms with Crippen LogP contribution in [0.2, 0.25) is 0 Å². The van der Waals surface area contributed by atoms with E-state index in [-0.39, 0.29) is 18.3 Å². The molecule has 0 fully saturated rings. The van der Waals surface area contributed by atoms with Crippen molar-refractivity contribution in [3.05, 3.63) is 53.6 Å². The molecule has 2 aromatic rings. The lowest BCUT2D eigenvalue weighted by Crippen LogP contribution is -2.20. The summed E-state index contributed by atoms with van der Waals surface area (Å²) in [5, 5.41) is 12.5. The van der Waals surface area contributed by atoms with Crippen molar-refractivity contribution in [2.24, 2.45) is 0 Å². The first-order valence-corrected chi connectivity index (χ1v) is 6.35. The lowest BCUT2D eigenvalue weighted by atomic mass is 10.1. The highest BCUT2D eigenvalue weighted by atomic mass is 16.5. The van der Waals surface area contributed by atoms with E-state index < -0.39 is 0 Å². The highest BCUT2D eigenvalue weighted by Crippen LogP contribution is 2.27. The Balaban J connectivity index is 1.97. The molecule has 0 bridgehead atoms. The molecule has 0 saturated heterocycles. The minimum absolute atomic E-state index is 0.0713. The third kappa shape index (κ3) is 3.29. The van der Waals surface area contributed by atoms with Gasteiger partial charge in [-0.15, -0.1) is 0 Å². The third-order valence-corrected chi connectivity index (χ3v) is 3.02. The lowest BCUT2D eigenvalue weighted by molar-refractivity contribution is -0.118. The number of hydrogen-bond acceptors (Lipinski definition) is 3. The summed E-state index contributed by atoms with van der Waals surface area (Å²) < 4.78 is 5.36. The Morgan fingerprint density at radius 1 is 1.15 bits per heavy atom. The van der Waals surface area contributed by atoms with Gasteiger partial charge in [0.2, 0.25) is 0 Å². The van der Waals surface area contributed by atoms with Gasteiger partial charge in [0.25, 0.3) is 5.91 Å². The topological polar surface area (TPSA) is 58.6 Å². The van der Waals surface area contributed by atoms with E-state index in [2.05, 4.69) is 5.32 Å². The number of para-hydroxylation sites is 1. The van der Waals surface area contributed by atoms with Gasteiger partial charge in [0.15, 0.2) is 6.61 Å². The van der Waals surface area contributed by atoms with E-state index in [1.165, 1.54) is 0 Å². The monoisotopic (exact) mass is 271 g/mol. The largest absolute Gasteiger partial charge is 0.507 e. The SMILES string of the molecule is Cc1ccc(NC(=O)COc2ccccc2)c(C)c1O. The van der Waals surface area contributed by atoms with E-state index in [0.717, 1.165) is 5.56 Å². The van der Waals surface area contributed by atoms with Gasteiger partial charge in [0.1, 0.15) is 11.5 Å². The van der Waals surface area contributed by atoms with Crippen LogP contribution in [0.25, 0.3) is 0 Å². The molecule has 2 rings (SSSR count). The molecule has 0 aromatic heterocycles. The van der Waals surface area contributed by atoms with Crippen LogP contribution in [0.5, 0.6) is 11.5 Å². The Hall–Kier alpha value is -2.49. The Morgan fingerprint density at radius 2 is 1.85 bits per heavy atom. The predicted octanol–water partition coefficient (Wildman–Crippen LogP) is 3.03. The number of aromatic hydroxyl groups is 1. The van der Waals surface area contributed by atoms with Crippen LogP contribution >= 0.6 is 0 Å². The van der Waals surface area contributed by atoms with Gasteiger partial charge >= 0.3 is 0 Å². The maximum atomic E-state index is 11.8. The van der Waals surface area contributed by atoms with Gasteiger partial charge in [-0.3, -0.25) is 4.79 Å². The summed E-state index contributed by atoms with van der Waals surface area (Å²) in [4.78, 5) is 11.8. The summed E-state index contributed by atoms with van der Waals surface area (Å²) in [5.41, 5.74) is 2.02. The van der Waals surface area contributed by atoms with E-state index in [4.69, 9.17) is 4.74 Å². The zero-order chi connectivity index (χ0) is 14.5. The van der Waals surface area contributed by atoms with Gasteiger partial charge in [-0.2, -0.15) is 0 Å². The Morgan fingerprint density at radius 3 is 2.55 bits per heavy atom. The van der Waals surface area contributed by atoms with Crippen LogP contribution in [0.15, 0.2) is 42.5 Å². The maximum Gasteiger partial charge on any atom is 0.262 e. The number of benzene rings is 2. The van der Waals surface area contributed by atoms with E-state index in [1.807, 2.05) is 25.1 Å². The van der Waals surface area contributed by atoms with Crippen LogP contribution in [-0.4, -0.2) is 17.6 Å². The molecule has 0 saturated carbocycles. The quantitative estimate of drug-likeness (QED) is 0.898. The third-order valence-electron chi connectivity index (χ3n) is 3.02. The fourth-order valence-electron chi connectivity index (χ4n) is 1.82. The smallest absolute Gasteiger partial charge is 0.262 e. The molecular weight excluding hydrogens is 254 g/mol. The summed E-state index contributed by atoms with van der Waals surface area (Å²) in [6, 6.07) is 12.7. The molecule has 2 N–H and O–H groups in total. The molecule has 1 amide bonds. The van der Waals surface area contributed by atoms with Gasteiger partial charge < -0.3 is 15.2 Å². The van der Waals surface area contributed by atoms with Crippen molar-refractivity contribution in [1.82, 2.24) is 0 Å². The number of phenols is 1. The summed E-state index contributed by atoms with van der Waals surface area (Å²) in [7, 11) is 0. The summed E-state index contributed by atoms with van der Waals surface area (Å²) in [6.45, 7) is 3.50. The predicted molar refractivity (Wildman–Crippen MR) is 78.1 cm³/mol. The second kappa shape index (κ2) is 6.10. The number of aryl methyl sites for hydroxylation is 1. The normalized spacial score (nSPS) is 10.1. The highest BCUT2D eigenvalue weighted by Gasteiger charge is 2.09. The summed E-state index contributed by atoms with van der Waals surface area (Å²) in [5.74, 6) is 0.582.